The van der Waals surface area contributed by atoms with E-state index < -0.39 is 8.56 Å². The van der Waals surface area contributed by atoms with Crippen molar-refractivity contribution in [1.82, 2.24) is 0 Å². The zero-order chi connectivity index (χ0) is 16.8. The van der Waals surface area contributed by atoms with Crippen LogP contribution in [-0.2, 0) is 18.3 Å². The first-order valence-corrected chi connectivity index (χ1v) is 10.1. The highest BCUT2D eigenvalue weighted by atomic mass is 28.4. The second-order valence-electron chi connectivity index (χ2n) is 8.62. The lowest BCUT2D eigenvalue weighted by molar-refractivity contribution is -0.205. The van der Waals surface area contributed by atoms with Crippen LogP contribution < -0.4 is 0 Å². The van der Waals surface area contributed by atoms with Crippen LogP contribution in [0.4, 0.5) is 0 Å². The third kappa shape index (κ3) is 3.34. The lowest BCUT2D eigenvalue weighted by Crippen LogP contribution is -2.65. The van der Waals surface area contributed by atoms with Gasteiger partial charge in [0, 0.05) is 10.1 Å². The smallest absolute Gasteiger partial charge is 0.349 e. The van der Waals surface area contributed by atoms with E-state index in [4.69, 9.17) is 18.3 Å². The summed E-state index contributed by atoms with van der Waals surface area (Å²) in [5.74, 6) is 0. The van der Waals surface area contributed by atoms with Crippen LogP contribution in [0.15, 0.2) is 12.2 Å². The predicted octanol–water partition coefficient (Wildman–Crippen LogP) is 4.15. The highest BCUT2D eigenvalue weighted by Gasteiger charge is 2.62. The van der Waals surface area contributed by atoms with Crippen molar-refractivity contribution < 1.29 is 18.3 Å². The maximum Gasteiger partial charge on any atom is 0.349 e. The van der Waals surface area contributed by atoms with Crippen molar-refractivity contribution in [3.8, 4) is 0 Å². The maximum absolute atomic E-state index is 6.61. The molecule has 0 saturated carbocycles. The summed E-state index contributed by atoms with van der Waals surface area (Å²) in [4.78, 5) is 0. The summed E-state index contributed by atoms with van der Waals surface area (Å²) in [6, 6.07) is 0. The molecule has 0 amide bonds. The molecule has 2 rings (SSSR count). The molecule has 0 N–H and O–H groups in total. The summed E-state index contributed by atoms with van der Waals surface area (Å²) in [6.45, 7) is 17.9. The van der Waals surface area contributed by atoms with Crippen LogP contribution in [0.1, 0.15) is 55.4 Å². The van der Waals surface area contributed by atoms with Crippen LogP contribution >= 0.6 is 0 Å². The fraction of sp³-hybridized carbons (Fsp3) is 0.882. The Balaban J connectivity index is 2.20. The van der Waals surface area contributed by atoms with Gasteiger partial charge >= 0.3 is 8.56 Å². The molecule has 3 atom stereocenters. The summed E-state index contributed by atoms with van der Waals surface area (Å²) in [5.41, 5.74) is 0. The standard InChI is InChI=1S/C17H32O4Si/c1-12(2)19-15-10-9-13-14(20-15)11-18-22(21-13,16(3,4)5)17(6,7)8/h9-10,12-15H,11H2,1-8H3/t13-,14-,15+/m1/s1. The summed E-state index contributed by atoms with van der Waals surface area (Å²) in [6.07, 6.45) is 3.78. The summed E-state index contributed by atoms with van der Waals surface area (Å²) < 4.78 is 24.7. The van der Waals surface area contributed by atoms with Crippen molar-refractivity contribution in [3.05, 3.63) is 12.2 Å². The third-order valence-corrected chi connectivity index (χ3v) is 9.39. The number of rotatable bonds is 2. The van der Waals surface area contributed by atoms with Crippen LogP contribution in [0.2, 0.25) is 10.1 Å². The zero-order valence-electron chi connectivity index (χ0n) is 15.3. The van der Waals surface area contributed by atoms with E-state index in [2.05, 4.69) is 47.6 Å². The van der Waals surface area contributed by atoms with Gasteiger partial charge in [-0.05, 0) is 19.9 Å². The summed E-state index contributed by atoms with van der Waals surface area (Å²) in [7, 11) is -2.42. The highest BCUT2D eigenvalue weighted by molar-refractivity contribution is 6.73. The van der Waals surface area contributed by atoms with Gasteiger partial charge in [-0.1, -0.05) is 47.6 Å². The zero-order valence-corrected chi connectivity index (χ0v) is 16.3. The monoisotopic (exact) mass is 328 g/mol. The SMILES string of the molecule is CC(C)O[C@@H]1C=C[C@H]2O[Si](C(C)(C)C)(C(C)(C)C)OC[C@H]2O1. The van der Waals surface area contributed by atoms with E-state index in [0.29, 0.717) is 6.61 Å². The molecule has 0 aliphatic carbocycles. The van der Waals surface area contributed by atoms with Gasteiger partial charge in [0.25, 0.3) is 0 Å². The Kier molecular flexibility index (Phi) is 4.96. The summed E-state index contributed by atoms with van der Waals surface area (Å²) in [5, 5.41) is -0.00924. The van der Waals surface area contributed by atoms with Gasteiger partial charge < -0.3 is 18.3 Å². The molecular formula is C17H32O4Si. The Morgan fingerprint density at radius 2 is 1.64 bits per heavy atom. The largest absolute Gasteiger partial charge is 0.391 e. The molecule has 0 aromatic carbocycles. The van der Waals surface area contributed by atoms with Crippen molar-refractivity contribution >= 4 is 8.56 Å². The molecule has 0 bridgehead atoms. The van der Waals surface area contributed by atoms with E-state index in [0.717, 1.165) is 0 Å². The van der Waals surface area contributed by atoms with Gasteiger partial charge in [-0.2, -0.15) is 0 Å². The van der Waals surface area contributed by atoms with Crippen molar-refractivity contribution in [3.63, 3.8) is 0 Å². The maximum atomic E-state index is 6.61. The second kappa shape index (κ2) is 6.02. The van der Waals surface area contributed by atoms with Crippen molar-refractivity contribution in [2.24, 2.45) is 0 Å². The van der Waals surface area contributed by atoms with Crippen LogP contribution in [-0.4, -0.2) is 39.8 Å². The molecule has 0 unspecified atom stereocenters. The Morgan fingerprint density at radius 1 is 1.05 bits per heavy atom. The van der Waals surface area contributed by atoms with Gasteiger partial charge in [0.15, 0.2) is 6.29 Å². The summed E-state index contributed by atoms with van der Waals surface area (Å²) >= 11 is 0. The fourth-order valence-corrected chi connectivity index (χ4v) is 8.45. The number of hydrogen-bond donors (Lipinski definition) is 0. The normalized spacial score (nSPS) is 32.1. The van der Waals surface area contributed by atoms with Gasteiger partial charge in [0.1, 0.15) is 6.10 Å². The minimum absolute atomic E-state index is 0.00462. The van der Waals surface area contributed by atoms with Gasteiger partial charge in [-0.15, -0.1) is 0 Å². The molecule has 0 spiro atoms. The van der Waals surface area contributed by atoms with Gasteiger partial charge in [-0.3, -0.25) is 0 Å². The highest BCUT2D eigenvalue weighted by Crippen LogP contribution is 2.54. The molecule has 4 nitrogen and oxygen atoms in total. The van der Waals surface area contributed by atoms with Gasteiger partial charge in [-0.25, -0.2) is 0 Å². The average Bonchev–Trinajstić information content (AvgIpc) is 2.34. The Labute approximate surface area is 136 Å². The molecule has 0 aromatic rings. The van der Waals surface area contributed by atoms with E-state index in [-0.39, 0.29) is 34.7 Å². The molecule has 5 heteroatoms. The Bertz CT molecular complexity index is 405. The quantitative estimate of drug-likeness (QED) is 0.563. The van der Waals surface area contributed by atoms with E-state index in [1.807, 2.05) is 19.9 Å². The van der Waals surface area contributed by atoms with E-state index >= 15 is 0 Å². The lowest BCUT2D eigenvalue weighted by atomic mass is 10.1. The minimum Gasteiger partial charge on any atom is -0.391 e. The first kappa shape index (κ1) is 18.1. The topological polar surface area (TPSA) is 36.9 Å². The lowest BCUT2D eigenvalue weighted by Gasteiger charge is -2.54. The van der Waals surface area contributed by atoms with E-state index in [1.165, 1.54) is 0 Å². The molecule has 22 heavy (non-hydrogen) atoms. The van der Waals surface area contributed by atoms with E-state index in [9.17, 15) is 0 Å². The van der Waals surface area contributed by atoms with Crippen LogP contribution in [0.3, 0.4) is 0 Å². The van der Waals surface area contributed by atoms with Gasteiger partial charge in [0.2, 0.25) is 0 Å². The molecule has 2 aliphatic heterocycles. The van der Waals surface area contributed by atoms with Crippen LogP contribution in [0, 0.1) is 0 Å². The molecule has 2 heterocycles. The molecule has 0 radical (unpaired) electrons. The van der Waals surface area contributed by atoms with Crippen LogP contribution in [0.25, 0.3) is 0 Å². The molecule has 2 aliphatic rings. The van der Waals surface area contributed by atoms with E-state index in [1.54, 1.807) is 0 Å². The predicted molar refractivity (Wildman–Crippen MR) is 90.0 cm³/mol. The fourth-order valence-electron chi connectivity index (χ4n) is 3.55. The average molecular weight is 329 g/mol. The first-order chi connectivity index (χ1) is 9.96. The Hall–Kier alpha value is -0.203. The molecule has 0 aromatic heterocycles. The third-order valence-electron chi connectivity index (χ3n) is 4.27. The molecule has 1 saturated heterocycles. The minimum atomic E-state index is -2.42. The number of hydrogen-bond acceptors (Lipinski definition) is 4. The first-order valence-electron chi connectivity index (χ1n) is 8.27. The van der Waals surface area contributed by atoms with Crippen molar-refractivity contribution in [1.29, 1.82) is 0 Å². The Morgan fingerprint density at radius 3 is 2.14 bits per heavy atom. The van der Waals surface area contributed by atoms with Gasteiger partial charge in [0.05, 0.1) is 18.8 Å². The molecule has 1 fully saturated rings. The number of ether oxygens (including phenoxy) is 2. The molecule has 128 valence electrons. The van der Waals surface area contributed by atoms with Crippen molar-refractivity contribution in [2.45, 2.75) is 90.1 Å². The molecular weight excluding hydrogens is 296 g/mol. The van der Waals surface area contributed by atoms with Crippen molar-refractivity contribution in [2.75, 3.05) is 6.61 Å². The second-order valence-corrected chi connectivity index (χ2v) is 13.4. The number of fused-ring (bicyclic) bond motifs is 1. The van der Waals surface area contributed by atoms with Crippen LogP contribution in [0.5, 0.6) is 0 Å².